The zero-order chi connectivity index (χ0) is 16.1. The van der Waals surface area contributed by atoms with Crippen molar-refractivity contribution in [2.75, 3.05) is 7.11 Å². The molecule has 1 aliphatic heterocycles. The van der Waals surface area contributed by atoms with Gasteiger partial charge < -0.3 is 20.3 Å². The van der Waals surface area contributed by atoms with E-state index in [4.69, 9.17) is 9.84 Å². The van der Waals surface area contributed by atoms with Crippen LogP contribution in [0.15, 0.2) is 28.4 Å². The standard InChI is InChI=1S/C13H13N3O5S/c1-21-8-2-3-9(17)7(4-8)6-14-16-13-15-12(20)10(22-13)5-11(18)19/h2-4,6,10,17H,5H2,1H3,(H,18,19)(H,15,16,20). The largest absolute Gasteiger partial charge is 0.507 e. The number of phenols is 1. The topological polar surface area (TPSA) is 121 Å². The van der Waals surface area contributed by atoms with E-state index in [0.29, 0.717) is 11.3 Å². The molecule has 0 saturated carbocycles. The molecule has 0 aliphatic carbocycles. The highest BCUT2D eigenvalue weighted by Gasteiger charge is 2.32. The fourth-order valence-electron chi connectivity index (χ4n) is 1.65. The van der Waals surface area contributed by atoms with Gasteiger partial charge in [0.1, 0.15) is 16.7 Å². The average molecular weight is 323 g/mol. The first-order chi connectivity index (χ1) is 10.5. The van der Waals surface area contributed by atoms with E-state index in [1.54, 1.807) is 12.1 Å². The van der Waals surface area contributed by atoms with Gasteiger partial charge >= 0.3 is 5.97 Å². The Hall–Kier alpha value is -2.55. The maximum Gasteiger partial charge on any atom is 0.305 e. The second-order valence-electron chi connectivity index (χ2n) is 4.27. The maximum atomic E-state index is 11.5. The summed E-state index contributed by atoms with van der Waals surface area (Å²) in [6.07, 6.45) is 1.03. The monoisotopic (exact) mass is 323 g/mol. The summed E-state index contributed by atoms with van der Waals surface area (Å²) in [5.74, 6) is -0.905. The smallest absolute Gasteiger partial charge is 0.305 e. The molecule has 0 bridgehead atoms. The van der Waals surface area contributed by atoms with E-state index in [1.165, 1.54) is 19.4 Å². The molecule has 1 heterocycles. The molecule has 1 aromatic carbocycles. The number of aliphatic carboxylic acids is 1. The van der Waals surface area contributed by atoms with Gasteiger partial charge in [0, 0.05) is 5.56 Å². The Morgan fingerprint density at radius 3 is 3.00 bits per heavy atom. The molecule has 0 aromatic heterocycles. The molecule has 2 rings (SSSR count). The number of amides is 1. The van der Waals surface area contributed by atoms with Crippen LogP contribution in [0, 0.1) is 0 Å². The highest BCUT2D eigenvalue weighted by molar-refractivity contribution is 8.15. The molecule has 0 spiro atoms. The molecular weight excluding hydrogens is 310 g/mol. The van der Waals surface area contributed by atoms with E-state index in [1.807, 2.05) is 0 Å². The number of carbonyl (C=O) groups excluding carboxylic acids is 1. The third-order valence-electron chi connectivity index (χ3n) is 2.72. The molecule has 0 radical (unpaired) electrons. The number of hydrogen-bond donors (Lipinski definition) is 3. The van der Waals surface area contributed by atoms with Gasteiger partial charge in [-0.15, -0.1) is 5.10 Å². The predicted octanol–water partition coefficient (Wildman–Crippen LogP) is 0.797. The summed E-state index contributed by atoms with van der Waals surface area (Å²) < 4.78 is 5.03. The van der Waals surface area contributed by atoms with Crippen molar-refractivity contribution in [3.63, 3.8) is 0 Å². The van der Waals surface area contributed by atoms with Crippen molar-refractivity contribution < 1.29 is 24.5 Å². The van der Waals surface area contributed by atoms with Crippen molar-refractivity contribution in [2.24, 2.45) is 10.2 Å². The second kappa shape index (κ2) is 6.94. The van der Waals surface area contributed by atoms with Crippen LogP contribution < -0.4 is 10.1 Å². The van der Waals surface area contributed by atoms with Crippen molar-refractivity contribution >= 4 is 35.0 Å². The molecule has 22 heavy (non-hydrogen) atoms. The summed E-state index contributed by atoms with van der Waals surface area (Å²) in [5, 5.41) is 27.9. The number of benzene rings is 1. The van der Waals surface area contributed by atoms with Crippen LogP contribution in [0.2, 0.25) is 0 Å². The number of methoxy groups -OCH3 is 1. The number of phenolic OH excluding ortho intramolecular Hbond substituents is 1. The van der Waals surface area contributed by atoms with Crippen molar-refractivity contribution in [1.82, 2.24) is 5.32 Å². The van der Waals surface area contributed by atoms with Gasteiger partial charge in [-0.2, -0.15) is 5.10 Å². The molecule has 8 nitrogen and oxygen atoms in total. The van der Waals surface area contributed by atoms with Gasteiger partial charge in [-0.1, -0.05) is 11.8 Å². The van der Waals surface area contributed by atoms with Gasteiger partial charge in [0.25, 0.3) is 0 Å². The van der Waals surface area contributed by atoms with Crippen LogP contribution in [-0.2, 0) is 9.59 Å². The maximum absolute atomic E-state index is 11.5. The molecule has 1 aliphatic rings. The van der Waals surface area contributed by atoms with Gasteiger partial charge in [-0.25, -0.2) is 0 Å². The van der Waals surface area contributed by atoms with E-state index in [2.05, 4.69) is 15.5 Å². The number of aromatic hydroxyl groups is 1. The van der Waals surface area contributed by atoms with Crippen molar-refractivity contribution in [3.8, 4) is 11.5 Å². The van der Waals surface area contributed by atoms with Crippen LogP contribution in [0.25, 0.3) is 0 Å². The molecule has 1 saturated heterocycles. The van der Waals surface area contributed by atoms with E-state index in [-0.39, 0.29) is 17.3 Å². The first kappa shape index (κ1) is 15.8. The molecule has 1 aromatic rings. The quantitative estimate of drug-likeness (QED) is 0.544. The predicted molar refractivity (Wildman–Crippen MR) is 81.5 cm³/mol. The highest BCUT2D eigenvalue weighted by atomic mass is 32.2. The molecule has 116 valence electrons. The van der Waals surface area contributed by atoms with Crippen molar-refractivity contribution in [3.05, 3.63) is 23.8 Å². The van der Waals surface area contributed by atoms with Gasteiger partial charge in [-0.05, 0) is 18.2 Å². The van der Waals surface area contributed by atoms with Crippen molar-refractivity contribution in [2.45, 2.75) is 11.7 Å². The summed E-state index contributed by atoms with van der Waals surface area (Å²) in [6.45, 7) is 0. The molecule has 1 unspecified atom stereocenters. The van der Waals surface area contributed by atoms with E-state index in [9.17, 15) is 14.7 Å². The summed E-state index contributed by atoms with van der Waals surface area (Å²) in [6, 6.07) is 4.64. The molecule has 1 amide bonds. The molecule has 1 atom stereocenters. The number of thioether (sulfide) groups is 1. The lowest BCUT2D eigenvalue weighted by Gasteiger charge is -2.02. The van der Waals surface area contributed by atoms with Crippen LogP contribution in [0.1, 0.15) is 12.0 Å². The molecule has 1 fully saturated rings. The summed E-state index contributed by atoms with van der Waals surface area (Å²) in [4.78, 5) is 22.1. The fourth-order valence-corrected chi connectivity index (χ4v) is 2.57. The minimum absolute atomic E-state index is 0.0108. The number of carboxylic acid groups (broad SMARTS) is 1. The first-order valence-corrected chi connectivity index (χ1v) is 7.05. The van der Waals surface area contributed by atoms with Crippen LogP contribution >= 0.6 is 11.8 Å². The Balaban J connectivity index is 2.06. The summed E-state index contributed by atoms with van der Waals surface area (Å²) in [7, 11) is 1.50. The van der Waals surface area contributed by atoms with Gasteiger partial charge in [0.15, 0.2) is 5.17 Å². The van der Waals surface area contributed by atoms with Gasteiger partial charge in [0.2, 0.25) is 5.91 Å². The number of carbonyl (C=O) groups is 2. The van der Waals surface area contributed by atoms with Crippen LogP contribution in [0.4, 0.5) is 0 Å². The number of ether oxygens (including phenoxy) is 1. The van der Waals surface area contributed by atoms with Gasteiger partial charge in [-0.3, -0.25) is 9.59 Å². The Labute approximate surface area is 129 Å². The highest BCUT2D eigenvalue weighted by Crippen LogP contribution is 2.23. The number of nitrogens with one attached hydrogen (secondary N) is 1. The zero-order valence-electron chi connectivity index (χ0n) is 11.5. The summed E-state index contributed by atoms with van der Waals surface area (Å²) in [5.41, 5.74) is 0.403. The number of rotatable bonds is 5. The second-order valence-corrected chi connectivity index (χ2v) is 5.46. The Bertz CT molecular complexity index is 659. The third-order valence-corrected chi connectivity index (χ3v) is 3.79. The van der Waals surface area contributed by atoms with Crippen molar-refractivity contribution in [1.29, 1.82) is 0 Å². The lowest BCUT2D eigenvalue weighted by molar-refractivity contribution is -0.138. The lowest BCUT2D eigenvalue weighted by atomic mass is 10.2. The van der Waals surface area contributed by atoms with Gasteiger partial charge in [0.05, 0.1) is 19.7 Å². The number of nitrogens with zero attached hydrogens (tertiary/aromatic N) is 2. The van der Waals surface area contributed by atoms with E-state index in [0.717, 1.165) is 11.8 Å². The fraction of sp³-hybridized carbons (Fsp3) is 0.231. The Kier molecular flexibility index (Phi) is 4.99. The van der Waals surface area contributed by atoms with Crippen LogP contribution in [0.3, 0.4) is 0 Å². The lowest BCUT2D eigenvalue weighted by Crippen LogP contribution is -2.26. The Morgan fingerprint density at radius 1 is 1.55 bits per heavy atom. The molecule has 3 N–H and O–H groups in total. The molecule has 9 heteroatoms. The molecular formula is C13H13N3O5S. The Morgan fingerprint density at radius 2 is 2.32 bits per heavy atom. The third kappa shape index (κ3) is 3.98. The van der Waals surface area contributed by atoms with E-state index >= 15 is 0 Å². The van der Waals surface area contributed by atoms with Crippen LogP contribution in [-0.4, -0.2) is 45.8 Å². The minimum Gasteiger partial charge on any atom is -0.507 e. The van der Waals surface area contributed by atoms with Crippen LogP contribution in [0.5, 0.6) is 11.5 Å². The minimum atomic E-state index is -1.06. The zero-order valence-corrected chi connectivity index (χ0v) is 12.3. The number of carboxylic acids is 1. The first-order valence-electron chi connectivity index (χ1n) is 6.17. The summed E-state index contributed by atoms with van der Waals surface area (Å²) >= 11 is 1.00. The SMILES string of the molecule is COc1ccc(O)c(C=NN=C2NC(=O)C(CC(=O)O)S2)c1. The average Bonchev–Trinajstić information content (AvgIpc) is 2.80. The normalized spacial score (nSPS) is 19.6. The van der Waals surface area contributed by atoms with E-state index < -0.39 is 17.1 Å². The number of amidine groups is 1. The number of hydrogen-bond acceptors (Lipinski definition) is 7.